The lowest BCUT2D eigenvalue weighted by atomic mass is 10.1. The number of benzene rings is 1. The van der Waals surface area contributed by atoms with Gasteiger partial charge in [-0.1, -0.05) is 0 Å². The lowest BCUT2D eigenvalue weighted by Crippen LogP contribution is -2.22. The number of rotatable bonds is 5. The minimum atomic E-state index is -4.54. The third-order valence-corrected chi connectivity index (χ3v) is 3.42. The van der Waals surface area contributed by atoms with E-state index < -0.39 is 17.3 Å². The summed E-state index contributed by atoms with van der Waals surface area (Å²) in [5.74, 6) is 0.238. The Morgan fingerprint density at radius 1 is 1.21 bits per heavy atom. The van der Waals surface area contributed by atoms with Crippen LogP contribution in [0.15, 0.2) is 41.3 Å². The van der Waals surface area contributed by atoms with E-state index in [9.17, 15) is 22.8 Å². The molecular weight excluding hydrogens is 323 g/mol. The number of ether oxygens (including phenoxy) is 1. The van der Waals surface area contributed by atoms with Crippen molar-refractivity contribution in [1.82, 2.24) is 4.57 Å². The number of hydrogen-bond donors (Lipinski definition) is 0. The molecule has 0 saturated carbocycles. The molecule has 0 saturated heterocycles. The van der Waals surface area contributed by atoms with Gasteiger partial charge in [-0.2, -0.15) is 13.2 Å². The number of ketones is 1. The Morgan fingerprint density at radius 3 is 2.50 bits per heavy atom. The number of hydrogen-bond acceptors (Lipinski definition) is 3. The molecule has 128 valence electrons. The van der Waals surface area contributed by atoms with E-state index in [-0.39, 0.29) is 12.3 Å². The fraction of sp³-hybridized carbons (Fsp3) is 0.294. The van der Waals surface area contributed by atoms with Crippen molar-refractivity contribution >= 4 is 5.78 Å². The third kappa shape index (κ3) is 4.04. The van der Waals surface area contributed by atoms with Gasteiger partial charge in [0.15, 0.2) is 5.78 Å². The smallest absolute Gasteiger partial charge is 0.417 e. The lowest BCUT2D eigenvalue weighted by molar-refractivity contribution is -0.138. The third-order valence-electron chi connectivity index (χ3n) is 3.42. The van der Waals surface area contributed by atoms with E-state index in [1.807, 2.05) is 0 Å². The molecule has 1 aromatic heterocycles. The van der Waals surface area contributed by atoms with Gasteiger partial charge in [0.1, 0.15) is 5.75 Å². The highest BCUT2D eigenvalue weighted by Gasteiger charge is 2.31. The monoisotopic (exact) mass is 339 g/mol. The minimum Gasteiger partial charge on any atom is -0.494 e. The second kappa shape index (κ2) is 6.90. The normalized spacial score (nSPS) is 11.4. The summed E-state index contributed by atoms with van der Waals surface area (Å²) in [6.45, 7) is 3.37. The summed E-state index contributed by atoms with van der Waals surface area (Å²) >= 11 is 0. The van der Waals surface area contributed by atoms with Crippen molar-refractivity contribution < 1.29 is 22.7 Å². The van der Waals surface area contributed by atoms with Gasteiger partial charge in [0.2, 0.25) is 0 Å². The first-order valence-electron chi connectivity index (χ1n) is 7.26. The SMILES string of the molecule is CCOc1ccc(C(C)=O)cc1Cn1cc(C(F)(F)F)ccc1=O. The van der Waals surface area contributed by atoms with E-state index >= 15 is 0 Å². The van der Waals surface area contributed by atoms with E-state index in [0.29, 0.717) is 23.5 Å². The first-order valence-corrected chi connectivity index (χ1v) is 7.26. The Morgan fingerprint density at radius 2 is 1.92 bits per heavy atom. The van der Waals surface area contributed by atoms with Gasteiger partial charge < -0.3 is 9.30 Å². The Bertz CT molecular complexity index is 809. The van der Waals surface area contributed by atoms with E-state index in [4.69, 9.17) is 4.74 Å². The quantitative estimate of drug-likeness (QED) is 0.783. The molecule has 0 aliphatic carbocycles. The number of carbonyl (C=O) groups is 1. The van der Waals surface area contributed by atoms with Gasteiger partial charge in [-0.15, -0.1) is 0 Å². The maximum absolute atomic E-state index is 12.8. The Balaban J connectivity index is 2.48. The number of nitrogens with zero attached hydrogens (tertiary/aromatic N) is 1. The molecule has 4 nitrogen and oxygen atoms in total. The van der Waals surface area contributed by atoms with Crippen LogP contribution < -0.4 is 10.3 Å². The molecule has 0 spiro atoms. The molecule has 0 unspecified atom stereocenters. The summed E-state index contributed by atoms with van der Waals surface area (Å²) in [6.07, 6.45) is -3.78. The molecule has 7 heteroatoms. The highest BCUT2D eigenvalue weighted by atomic mass is 19.4. The molecule has 0 atom stereocenters. The van der Waals surface area contributed by atoms with Gasteiger partial charge >= 0.3 is 6.18 Å². The summed E-state index contributed by atoms with van der Waals surface area (Å²) in [6, 6.07) is 6.30. The highest BCUT2D eigenvalue weighted by molar-refractivity contribution is 5.94. The van der Waals surface area contributed by atoms with E-state index in [0.717, 1.165) is 22.9 Å². The first-order chi connectivity index (χ1) is 11.2. The average Bonchev–Trinajstić information content (AvgIpc) is 2.50. The van der Waals surface area contributed by atoms with Crippen LogP contribution >= 0.6 is 0 Å². The number of Topliss-reactive ketones (excluding diaryl/α,β-unsaturated/α-hetero) is 1. The van der Waals surface area contributed by atoms with Crippen LogP contribution in [0.1, 0.15) is 35.3 Å². The zero-order valence-electron chi connectivity index (χ0n) is 13.2. The number of pyridine rings is 1. The predicted octanol–water partition coefficient (Wildman–Crippen LogP) is 3.52. The van der Waals surface area contributed by atoms with Crippen LogP contribution in [0.25, 0.3) is 0 Å². The van der Waals surface area contributed by atoms with Crippen LogP contribution in [0, 0.1) is 0 Å². The summed E-state index contributed by atoms with van der Waals surface area (Å²) in [5, 5.41) is 0. The average molecular weight is 339 g/mol. The zero-order valence-corrected chi connectivity index (χ0v) is 13.2. The Hall–Kier alpha value is -2.57. The minimum absolute atomic E-state index is 0.126. The van der Waals surface area contributed by atoms with Crippen LogP contribution in [0.3, 0.4) is 0 Å². The van der Waals surface area contributed by atoms with E-state index in [1.165, 1.54) is 13.0 Å². The van der Waals surface area contributed by atoms with Gasteiger partial charge in [-0.3, -0.25) is 9.59 Å². The zero-order chi connectivity index (χ0) is 17.9. The van der Waals surface area contributed by atoms with Crippen LogP contribution in [0.2, 0.25) is 0 Å². The molecule has 0 bridgehead atoms. The van der Waals surface area contributed by atoms with Crippen molar-refractivity contribution in [2.45, 2.75) is 26.6 Å². The van der Waals surface area contributed by atoms with Crippen molar-refractivity contribution in [2.75, 3.05) is 6.61 Å². The number of alkyl halides is 3. The van der Waals surface area contributed by atoms with Gasteiger partial charge in [-0.05, 0) is 38.1 Å². The molecule has 0 fully saturated rings. The van der Waals surface area contributed by atoms with Gasteiger partial charge in [-0.25, -0.2) is 0 Å². The number of halogens is 3. The Labute approximate surface area is 136 Å². The fourth-order valence-electron chi connectivity index (χ4n) is 2.22. The molecule has 2 rings (SSSR count). The van der Waals surface area contributed by atoms with Crippen molar-refractivity contribution in [2.24, 2.45) is 0 Å². The van der Waals surface area contributed by atoms with Crippen LogP contribution in [0.4, 0.5) is 13.2 Å². The summed E-state index contributed by atoms with van der Waals surface area (Å²) in [4.78, 5) is 23.4. The second-order valence-corrected chi connectivity index (χ2v) is 5.19. The van der Waals surface area contributed by atoms with Crippen molar-refractivity contribution in [3.05, 3.63) is 63.6 Å². The first kappa shape index (κ1) is 17.8. The topological polar surface area (TPSA) is 48.3 Å². The summed E-state index contributed by atoms with van der Waals surface area (Å²) in [5.41, 5.74) is -0.624. The Kier molecular flexibility index (Phi) is 5.11. The predicted molar refractivity (Wildman–Crippen MR) is 82.4 cm³/mol. The van der Waals surface area contributed by atoms with E-state index in [2.05, 4.69) is 0 Å². The number of carbonyl (C=O) groups excluding carboxylic acids is 1. The van der Waals surface area contributed by atoms with Crippen molar-refractivity contribution in [3.8, 4) is 5.75 Å². The molecule has 0 radical (unpaired) electrons. The molecule has 0 aliphatic rings. The van der Waals surface area contributed by atoms with Crippen LogP contribution in [-0.2, 0) is 12.7 Å². The summed E-state index contributed by atoms with van der Waals surface area (Å²) < 4.78 is 44.9. The van der Waals surface area contributed by atoms with Crippen LogP contribution in [0.5, 0.6) is 5.75 Å². The molecule has 1 heterocycles. The van der Waals surface area contributed by atoms with Crippen molar-refractivity contribution in [1.29, 1.82) is 0 Å². The van der Waals surface area contributed by atoms with E-state index in [1.54, 1.807) is 19.1 Å². The molecule has 0 amide bonds. The standard InChI is InChI=1S/C17H16F3NO3/c1-3-24-15-6-4-12(11(2)22)8-13(15)9-21-10-14(17(18,19)20)5-7-16(21)23/h4-8,10H,3,9H2,1-2H3. The van der Waals surface area contributed by atoms with Crippen molar-refractivity contribution in [3.63, 3.8) is 0 Å². The van der Waals surface area contributed by atoms with Gasteiger partial charge in [0.25, 0.3) is 5.56 Å². The second-order valence-electron chi connectivity index (χ2n) is 5.19. The molecule has 2 aromatic rings. The lowest BCUT2D eigenvalue weighted by Gasteiger charge is -2.14. The van der Waals surface area contributed by atoms with Gasteiger partial charge in [0.05, 0.1) is 18.7 Å². The highest BCUT2D eigenvalue weighted by Crippen LogP contribution is 2.28. The largest absolute Gasteiger partial charge is 0.494 e. The molecule has 24 heavy (non-hydrogen) atoms. The molecule has 0 aliphatic heterocycles. The fourth-order valence-corrected chi connectivity index (χ4v) is 2.22. The van der Waals surface area contributed by atoms with Crippen LogP contribution in [-0.4, -0.2) is 17.0 Å². The molecular formula is C17H16F3NO3. The summed E-state index contributed by atoms with van der Waals surface area (Å²) in [7, 11) is 0. The number of aromatic nitrogens is 1. The maximum Gasteiger partial charge on any atom is 0.417 e. The van der Waals surface area contributed by atoms with Gasteiger partial charge in [0, 0.05) is 23.4 Å². The maximum atomic E-state index is 12.8. The molecule has 1 aromatic carbocycles. The molecule has 0 N–H and O–H groups in total.